The fourth-order valence-electron chi connectivity index (χ4n) is 1.21. The van der Waals surface area contributed by atoms with Gasteiger partial charge in [-0.3, -0.25) is 0 Å². The summed E-state index contributed by atoms with van der Waals surface area (Å²) in [5.74, 6) is 0.857. The Bertz CT molecular complexity index is 412. The number of benzene rings is 1. The third kappa shape index (κ3) is 2.11. The molecule has 0 aromatic heterocycles. The number of nitrogens with zero attached hydrogens (tertiary/aromatic N) is 1. The molecule has 2 nitrogen and oxygen atoms in total. The van der Waals surface area contributed by atoms with Crippen molar-refractivity contribution < 1.29 is 0 Å². The van der Waals surface area contributed by atoms with Gasteiger partial charge in [-0.25, -0.2) is 4.99 Å². The highest BCUT2D eigenvalue weighted by molar-refractivity contribution is 8.14. The van der Waals surface area contributed by atoms with Gasteiger partial charge < -0.3 is 5.73 Å². The Labute approximate surface area is 91.9 Å². The predicted molar refractivity (Wildman–Crippen MR) is 63.5 cm³/mol. The van der Waals surface area contributed by atoms with Crippen molar-refractivity contribution in [3.8, 4) is 0 Å². The van der Waals surface area contributed by atoms with Gasteiger partial charge in [0.25, 0.3) is 0 Å². The Morgan fingerprint density at radius 2 is 2.29 bits per heavy atom. The van der Waals surface area contributed by atoms with Gasteiger partial charge in [0.05, 0.1) is 0 Å². The lowest BCUT2D eigenvalue weighted by Gasteiger charge is -2.10. The van der Waals surface area contributed by atoms with Crippen molar-refractivity contribution >= 4 is 34.1 Å². The van der Waals surface area contributed by atoms with Gasteiger partial charge >= 0.3 is 0 Å². The summed E-state index contributed by atoms with van der Waals surface area (Å²) in [6.45, 7) is 0. The third-order valence-electron chi connectivity index (χ3n) is 1.92. The van der Waals surface area contributed by atoms with Crippen molar-refractivity contribution in [1.29, 1.82) is 0 Å². The van der Waals surface area contributed by atoms with E-state index in [-0.39, 0.29) is 0 Å². The number of hydrogen-bond donors (Lipinski definition) is 1. The van der Waals surface area contributed by atoms with Crippen molar-refractivity contribution in [1.82, 2.24) is 0 Å². The number of halogens is 1. The van der Waals surface area contributed by atoms with E-state index in [2.05, 4.69) is 4.99 Å². The molecule has 0 spiro atoms. The van der Waals surface area contributed by atoms with E-state index in [1.807, 2.05) is 24.3 Å². The van der Waals surface area contributed by atoms with Crippen LogP contribution in [0.25, 0.3) is 5.57 Å². The zero-order valence-electron chi connectivity index (χ0n) is 7.40. The molecule has 0 aliphatic carbocycles. The molecule has 0 saturated heterocycles. The molecule has 0 saturated carbocycles. The Morgan fingerprint density at radius 3 is 2.93 bits per heavy atom. The molecule has 0 radical (unpaired) electrons. The first-order valence-electron chi connectivity index (χ1n) is 4.17. The summed E-state index contributed by atoms with van der Waals surface area (Å²) in [6.07, 6.45) is 1.80. The molecule has 2 N–H and O–H groups in total. The number of nitrogens with two attached hydrogens (primary N) is 1. The Balaban J connectivity index is 2.32. The minimum Gasteiger partial charge on any atom is -0.378 e. The molecule has 2 rings (SSSR count). The van der Waals surface area contributed by atoms with Crippen molar-refractivity contribution in [2.75, 3.05) is 5.75 Å². The van der Waals surface area contributed by atoms with Crippen molar-refractivity contribution in [3.05, 3.63) is 41.1 Å². The number of aliphatic imine (C=N–C) groups is 1. The van der Waals surface area contributed by atoms with Crippen LogP contribution in [0.2, 0.25) is 5.02 Å². The summed E-state index contributed by atoms with van der Waals surface area (Å²) in [4.78, 5) is 4.07. The molecule has 1 aliphatic rings. The fraction of sp³-hybridized carbons (Fsp3) is 0.100. The van der Waals surface area contributed by atoms with Gasteiger partial charge in [0.2, 0.25) is 0 Å². The quantitative estimate of drug-likeness (QED) is 0.797. The third-order valence-corrected chi connectivity index (χ3v) is 3.01. The second kappa shape index (κ2) is 4.07. The van der Waals surface area contributed by atoms with Crippen LogP contribution in [-0.4, -0.2) is 10.9 Å². The first-order chi connectivity index (χ1) is 6.75. The van der Waals surface area contributed by atoms with E-state index in [1.54, 1.807) is 18.0 Å². The molecule has 0 fully saturated rings. The molecule has 72 valence electrons. The van der Waals surface area contributed by atoms with E-state index in [4.69, 9.17) is 17.3 Å². The minimum absolute atomic E-state index is 0.621. The van der Waals surface area contributed by atoms with Crippen LogP contribution >= 0.6 is 23.4 Å². The number of thioether (sulfide) groups is 1. The maximum Gasteiger partial charge on any atom is 0.158 e. The highest BCUT2D eigenvalue weighted by Crippen LogP contribution is 2.25. The molecule has 0 unspecified atom stereocenters. The maximum absolute atomic E-state index is 5.90. The van der Waals surface area contributed by atoms with Crippen LogP contribution in [0, 0.1) is 0 Å². The molecule has 0 amide bonds. The summed E-state index contributed by atoms with van der Waals surface area (Å²) >= 11 is 7.44. The topological polar surface area (TPSA) is 38.4 Å². The summed E-state index contributed by atoms with van der Waals surface area (Å²) in [6, 6.07) is 7.75. The number of rotatable bonds is 1. The maximum atomic E-state index is 5.90. The summed E-state index contributed by atoms with van der Waals surface area (Å²) in [5.41, 5.74) is 7.82. The standard InChI is InChI=1S/C10H9ClN2S/c11-9-3-1-2-7(4-9)8-5-13-10(12)14-6-8/h1-5H,6H2,(H2,12,13). The average molecular weight is 225 g/mol. The second-order valence-electron chi connectivity index (χ2n) is 2.92. The van der Waals surface area contributed by atoms with Crippen molar-refractivity contribution in [2.45, 2.75) is 0 Å². The first-order valence-corrected chi connectivity index (χ1v) is 5.53. The van der Waals surface area contributed by atoms with Crippen LogP contribution in [0.5, 0.6) is 0 Å². The molecule has 4 heteroatoms. The van der Waals surface area contributed by atoms with Crippen LogP contribution in [0.1, 0.15) is 5.56 Å². The van der Waals surface area contributed by atoms with E-state index in [0.717, 1.165) is 21.9 Å². The summed E-state index contributed by atoms with van der Waals surface area (Å²) < 4.78 is 0. The Hall–Kier alpha value is -0.930. The van der Waals surface area contributed by atoms with E-state index in [1.165, 1.54) is 0 Å². The highest BCUT2D eigenvalue weighted by Gasteiger charge is 2.07. The lowest BCUT2D eigenvalue weighted by molar-refractivity contribution is 1.47. The van der Waals surface area contributed by atoms with Crippen LogP contribution in [0.4, 0.5) is 0 Å². The van der Waals surface area contributed by atoms with Gasteiger partial charge in [0, 0.05) is 17.0 Å². The molecule has 0 bridgehead atoms. The van der Waals surface area contributed by atoms with Gasteiger partial charge in [0.15, 0.2) is 5.17 Å². The molecular formula is C10H9ClN2S. The van der Waals surface area contributed by atoms with E-state index in [0.29, 0.717) is 5.17 Å². The smallest absolute Gasteiger partial charge is 0.158 e. The second-order valence-corrected chi connectivity index (χ2v) is 4.35. The molecule has 1 aliphatic heterocycles. The van der Waals surface area contributed by atoms with Crippen LogP contribution < -0.4 is 5.73 Å². The SMILES string of the molecule is NC1=NC=C(c2cccc(Cl)c2)CS1. The fourth-order valence-corrected chi connectivity index (χ4v) is 2.08. The Kier molecular flexibility index (Phi) is 2.79. The van der Waals surface area contributed by atoms with Crippen molar-refractivity contribution in [2.24, 2.45) is 10.7 Å². The normalized spacial score (nSPS) is 16.1. The van der Waals surface area contributed by atoms with Crippen LogP contribution in [0.3, 0.4) is 0 Å². The van der Waals surface area contributed by atoms with Gasteiger partial charge in [-0.2, -0.15) is 0 Å². The molecule has 14 heavy (non-hydrogen) atoms. The lowest BCUT2D eigenvalue weighted by atomic mass is 10.1. The lowest BCUT2D eigenvalue weighted by Crippen LogP contribution is -2.10. The zero-order chi connectivity index (χ0) is 9.97. The summed E-state index contributed by atoms with van der Waals surface area (Å²) in [5, 5.41) is 1.37. The molecule has 0 atom stereocenters. The molecule has 1 heterocycles. The molecule has 1 aromatic carbocycles. The van der Waals surface area contributed by atoms with E-state index < -0.39 is 0 Å². The monoisotopic (exact) mass is 224 g/mol. The Morgan fingerprint density at radius 1 is 1.43 bits per heavy atom. The van der Waals surface area contributed by atoms with Gasteiger partial charge in [0.1, 0.15) is 0 Å². The average Bonchev–Trinajstić information content (AvgIpc) is 2.19. The van der Waals surface area contributed by atoms with E-state index in [9.17, 15) is 0 Å². The van der Waals surface area contributed by atoms with Crippen molar-refractivity contribution in [3.63, 3.8) is 0 Å². The zero-order valence-corrected chi connectivity index (χ0v) is 8.98. The van der Waals surface area contributed by atoms with Gasteiger partial charge in [-0.05, 0) is 23.3 Å². The number of hydrogen-bond acceptors (Lipinski definition) is 3. The first kappa shape index (κ1) is 9.62. The van der Waals surface area contributed by atoms with Crippen LogP contribution in [-0.2, 0) is 0 Å². The largest absolute Gasteiger partial charge is 0.378 e. The predicted octanol–water partition coefficient (Wildman–Crippen LogP) is 2.74. The highest BCUT2D eigenvalue weighted by atomic mass is 35.5. The van der Waals surface area contributed by atoms with Gasteiger partial charge in [-0.15, -0.1) is 0 Å². The number of amidine groups is 1. The van der Waals surface area contributed by atoms with E-state index >= 15 is 0 Å². The molecular weight excluding hydrogens is 216 g/mol. The van der Waals surface area contributed by atoms with Gasteiger partial charge in [-0.1, -0.05) is 35.5 Å². The molecule has 1 aromatic rings. The summed E-state index contributed by atoms with van der Waals surface area (Å²) in [7, 11) is 0. The van der Waals surface area contributed by atoms with Crippen LogP contribution in [0.15, 0.2) is 35.5 Å². The minimum atomic E-state index is 0.621.